The number of hydrogen-bond acceptors (Lipinski definition) is 5. The first-order valence-corrected chi connectivity index (χ1v) is 8.25. The van der Waals surface area contributed by atoms with Crippen LogP contribution in [0.3, 0.4) is 0 Å². The van der Waals surface area contributed by atoms with E-state index in [0.717, 1.165) is 25.0 Å². The minimum Gasteiger partial charge on any atom is -0.378 e. The van der Waals surface area contributed by atoms with Crippen LogP contribution in [-0.2, 0) is 14.8 Å². The summed E-state index contributed by atoms with van der Waals surface area (Å²) in [6, 6.07) is 7.19. The van der Waals surface area contributed by atoms with Crippen molar-refractivity contribution in [3.05, 3.63) is 29.8 Å². The van der Waals surface area contributed by atoms with Crippen molar-refractivity contribution in [2.75, 3.05) is 44.0 Å². The van der Waals surface area contributed by atoms with Gasteiger partial charge in [-0.1, -0.05) is 0 Å². The largest absolute Gasteiger partial charge is 0.378 e. The van der Waals surface area contributed by atoms with E-state index in [0.29, 0.717) is 18.8 Å². The van der Waals surface area contributed by atoms with Gasteiger partial charge in [0.2, 0.25) is 10.0 Å². The van der Waals surface area contributed by atoms with Crippen LogP contribution in [0, 0.1) is 0 Å². The summed E-state index contributed by atoms with van der Waals surface area (Å²) >= 11 is 0. The lowest BCUT2D eigenvalue weighted by atomic mass is 10.1. The van der Waals surface area contributed by atoms with Gasteiger partial charge in [0.15, 0.2) is 5.78 Å². The number of carbonyl (C=O) groups excluding carboxylic acids is 1. The fourth-order valence-electron chi connectivity index (χ4n) is 1.98. The third-order valence-corrected chi connectivity index (χ3v) is 3.73. The molecule has 0 aromatic heterocycles. The lowest BCUT2D eigenvalue weighted by Crippen LogP contribution is -2.36. The average Bonchev–Trinajstić information content (AvgIpc) is 2.45. The first-order valence-electron chi connectivity index (χ1n) is 6.36. The molecule has 0 bridgehead atoms. The van der Waals surface area contributed by atoms with E-state index in [-0.39, 0.29) is 12.3 Å². The van der Waals surface area contributed by atoms with E-state index in [9.17, 15) is 13.2 Å². The summed E-state index contributed by atoms with van der Waals surface area (Å²) in [5.74, 6) is -0.246. The normalized spacial score (nSPS) is 16.1. The highest BCUT2D eigenvalue weighted by Gasteiger charge is 2.13. The first kappa shape index (κ1) is 15.0. The minimum absolute atomic E-state index is 0.213. The zero-order chi connectivity index (χ0) is 14.6. The number of nitrogens with zero attached hydrogens (tertiary/aromatic N) is 1. The average molecular weight is 298 g/mol. The Morgan fingerprint density at radius 3 is 2.40 bits per heavy atom. The molecule has 1 aliphatic rings. The van der Waals surface area contributed by atoms with Crippen LogP contribution in [0.1, 0.15) is 10.4 Å². The second-order valence-corrected chi connectivity index (χ2v) is 6.50. The molecule has 1 saturated heterocycles. The summed E-state index contributed by atoms with van der Waals surface area (Å²) in [5, 5.41) is 0. The highest BCUT2D eigenvalue weighted by molar-refractivity contribution is 7.88. The van der Waals surface area contributed by atoms with E-state index >= 15 is 0 Å². The predicted octanol–water partition coefficient (Wildman–Crippen LogP) is 0.255. The summed E-state index contributed by atoms with van der Waals surface area (Å²) in [5.41, 5.74) is 1.54. The van der Waals surface area contributed by atoms with Crippen LogP contribution in [0.25, 0.3) is 0 Å². The molecule has 0 amide bonds. The lowest BCUT2D eigenvalue weighted by Gasteiger charge is -2.28. The minimum atomic E-state index is -3.35. The molecule has 0 atom stereocenters. The molecule has 1 aromatic carbocycles. The Balaban J connectivity index is 1.98. The van der Waals surface area contributed by atoms with Crippen LogP contribution in [0.4, 0.5) is 5.69 Å². The number of carbonyl (C=O) groups is 1. The van der Waals surface area contributed by atoms with Crippen molar-refractivity contribution < 1.29 is 17.9 Å². The molecular formula is C13H18N2O4S. The van der Waals surface area contributed by atoms with Gasteiger partial charge in [-0.15, -0.1) is 0 Å². The molecule has 1 heterocycles. The van der Waals surface area contributed by atoms with Gasteiger partial charge >= 0.3 is 0 Å². The van der Waals surface area contributed by atoms with Gasteiger partial charge in [0.05, 0.1) is 26.0 Å². The molecule has 0 spiro atoms. The highest BCUT2D eigenvalue weighted by atomic mass is 32.2. The lowest BCUT2D eigenvalue weighted by molar-refractivity contribution is 0.0997. The van der Waals surface area contributed by atoms with Crippen molar-refractivity contribution in [1.82, 2.24) is 4.72 Å². The Labute approximate surface area is 118 Å². The number of sulfonamides is 1. The van der Waals surface area contributed by atoms with Crippen molar-refractivity contribution in [2.24, 2.45) is 0 Å². The SMILES string of the molecule is CS(=O)(=O)NCC(=O)c1ccc(N2CCOCC2)cc1. The second kappa shape index (κ2) is 6.34. The second-order valence-electron chi connectivity index (χ2n) is 4.66. The maximum atomic E-state index is 11.8. The Morgan fingerprint density at radius 2 is 1.85 bits per heavy atom. The summed E-state index contributed by atoms with van der Waals surface area (Å²) in [7, 11) is -3.35. The number of benzene rings is 1. The molecule has 0 unspecified atom stereocenters. The molecule has 2 rings (SSSR count). The summed E-state index contributed by atoms with van der Waals surface area (Å²) in [6.07, 6.45) is 1.03. The molecule has 1 aliphatic heterocycles. The molecule has 0 saturated carbocycles. The molecule has 0 radical (unpaired) electrons. The van der Waals surface area contributed by atoms with E-state index in [4.69, 9.17) is 4.74 Å². The number of nitrogens with one attached hydrogen (secondary N) is 1. The van der Waals surface area contributed by atoms with E-state index in [1.165, 1.54) is 0 Å². The van der Waals surface area contributed by atoms with Crippen LogP contribution in [0.5, 0.6) is 0 Å². The first-order chi connectivity index (χ1) is 9.46. The number of ketones is 1. The quantitative estimate of drug-likeness (QED) is 0.789. The standard InChI is InChI=1S/C13H18N2O4S/c1-20(17,18)14-10-13(16)11-2-4-12(5-3-11)15-6-8-19-9-7-15/h2-5,14H,6-10H2,1H3. The van der Waals surface area contributed by atoms with Crippen LogP contribution in [-0.4, -0.2) is 53.3 Å². The molecule has 0 aliphatic carbocycles. The predicted molar refractivity (Wildman–Crippen MR) is 76.7 cm³/mol. The van der Waals surface area contributed by atoms with Crippen LogP contribution in [0.15, 0.2) is 24.3 Å². The molecular weight excluding hydrogens is 280 g/mol. The van der Waals surface area contributed by atoms with Crippen LogP contribution in [0.2, 0.25) is 0 Å². The van der Waals surface area contributed by atoms with Crippen LogP contribution < -0.4 is 9.62 Å². The highest BCUT2D eigenvalue weighted by Crippen LogP contribution is 2.16. The third-order valence-electron chi connectivity index (χ3n) is 3.06. The number of anilines is 1. The van der Waals surface area contributed by atoms with Gasteiger partial charge in [0, 0.05) is 24.3 Å². The number of ether oxygens (including phenoxy) is 1. The molecule has 6 nitrogen and oxygen atoms in total. The molecule has 1 N–H and O–H groups in total. The fourth-order valence-corrected chi connectivity index (χ4v) is 2.37. The number of hydrogen-bond donors (Lipinski definition) is 1. The summed E-state index contributed by atoms with van der Waals surface area (Å²) in [4.78, 5) is 14.0. The van der Waals surface area contributed by atoms with Gasteiger partial charge in [0.1, 0.15) is 0 Å². The van der Waals surface area contributed by atoms with Crippen molar-refractivity contribution in [3.8, 4) is 0 Å². The van der Waals surface area contributed by atoms with E-state index < -0.39 is 10.0 Å². The van der Waals surface area contributed by atoms with Crippen LogP contribution >= 0.6 is 0 Å². The number of rotatable bonds is 5. The molecule has 1 aromatic rings. The van der Waals surface area contributed by atoms with Gasteiger partial charge in [-0.05, 0) is 24.3 Å². The zero-order valence-corrected chi connectivity index (χ0v) is 12.1. The van der Waals surface area contributed by atoms with Gasteiger partial charge in [-0.3, -0.25) is 4.79 Å². The van der Waals surface area contributed by atoms with Crippen molar-refractivity contribution in [1.29, 1.82) is 0 Å². The monoisotopic (exact) mass is 298 g/mol. The Kier molecular flexibility index (Phi) is 4.74. The van der Waals surface area contributed by atoms with Gasteiger partial charge in [-0.2, -0.15) is 0 Å². The number of morpholine rings is 1. The van der Waals surface area contributed by atoms with Crippen molar-refractivity contribution >= 4 is 21.5 Å². The van der Waals surface area contributed by atoms with E-state index in [1.807, 2.05) is 12.1 Å². The fraction of sp³-hybridized carbons (Fsp3) is 0.462. The molecule has 7 heteroatoms. The summed E-state index contributed by atoms with van der Waals surface area (Å²) in [6.45, 7) is 2.87. The topological polar surface area (TPSA) is 75.7 Å². The third kappa shape index (κ3) is 4.29. The summed E-state index contributed by atoms with van der Waals surface area (Å²) < 4.78 is 29.4. The Hall–Kier alpha value is -1.44. The molecule has 20 heavy (non-hydrogen) atoms. The Bertz CT molecular complexity index is 563. The van der Waals surface area contributed by atoms with Crippen molar-refractivity contribution in [2.45, 2.75) is 0 Å². The van der Waals surface area contributed by atoms with Gasteiger partial charge in [0.25, 0.3) is 0 Å². The zero-order valence-electron chi connectivity index (χ0n) is 11.3. The maximum absolute atomic E-state index is 11.8. The van der Waals surface area contributed by atoms with E-state index in [1.54, 1.807) is 12.1 Å². The maximum Gasteiger partial charge on any atom is 0.209 e. The Morgan fingerprint density at radius 1 is 1.25 bits per heavy atom. The van der Waals surface area contributed by atoms with Gasteiger partial charge in [-0.25, -0.2) is 13.1 Å². The molecule has 1 fully saturated rings. The van der Waals surface area contributed by atoms with Crippen molar-refractivity contribution in [3.63, 3.8) is 0 Å². The number of Topliss-reactive ketones (excluding diaryl/α,β-unsaturated/α-hetero) is 1. The van der Waals surface area contributed by atoms with Gasteiger partial charge < -0.3 is 9.64 Å². The smallest absolute Gasteiger partial charge is 0.209 e. The van der Waals surface area contributed by atoms with E-state index in [2.05, 4.69) is 9.62 Å². The molecule has 110 valence electrons.